The monoisotopic (exact) mass is 262 g/mol. The van der Waals surface area contributed by atoms with Crippen LogP contribution in [0.25, 0.3) is 0 Å². The molecule has 2 rings (SSSR count). The van der Waals surface area contributed by atoms with Gasteiger partial charge in [0.1, 0.15) is 5.69 Å². The second-order valence-electron chi connectivity index (χ2n) is 4.47. The van der Waals surface area contributed by atoms with E-state index in [1.165, 1.54) is 6.07 Å². The molecular weight excluding hydrogens is 249 g/mol. The van der Waals surface area contributed by atoms with Crippen LogP contribution in [0, 0.1) is 0 Å². The van der Waals surface area contributed by atoms with E-state index in [2.05, 4.69) is 4.98 Å². The van der Waals surface area contributed by atoms with Gasteiger partial charge in [0, 0.05) is 6.54 Å². The number of pyridine rings is 1. The molecule has 7 heteroatoms. The molecule has 1 aliphatic heterocycles. The summed E-state index contributed by atoms with van der Waals surface area (Å²) in [5.41, 5.74) is -0.353. The topological polar surface area (TPSA) is 48.9 Å². The molecule has 2 unspecified atom stereocenters. The molecule has 0 aromatic carbocycles. The molecule has 0 amide bonds. The molecule has 1 aliphatic rings. The van der Waals surface area contributed by atoms with Crippen molar-refractivity contribution in [2.45, 2.75) is 25.1 Å². The normalized spacial score (nSPS) is 23.5. The van der Waals surface area contributed by atoms with Crippen molar-refractivity contribution in [3.63, 3.8) is 0 Å². The Morgan fingerprint density at radius 3 is 2.44 bits per heavy atom. The Labute approximate surface area is 102 Å². The Bertz CT molecular complexity index is 448. The number of halogens is 3. The van der Waals surface area contributed by atoms with Gasteiger partial charge in [-0.1, -0.05) is 0 Å². The van der Waals surface area contributed by atoms with Crippen molar-refractivity contribution in [2.24, 2.45) is 0 Å². The first-order chi connectivity index (χ1) is 8.27. The molecule has 1 aromatic heterocycles. The van der Waals surface area contributed by atoms with Crippen molar-refractivity contribution in [1.29, 1.82) is 0 Å². The summed E-state index contributed by atoms with van der Waals surface area (Å²) in [7, 11) is 3.52. The number of aliphatic hydroxyl groups is 1. The van der Waals surface area contributed by atoms with E-state index in [-0.39, 0.29) is 5.69 Å². The fourth-order valence-electron chi connectivity index (χ4n) is 1.68. The average Bonchev–Trinajstić information content (AvgIpc) is 2.92. The maximum absolute atomic E-state index is 12.7. The lowest BCUT2D eigenvalue weighted by molar-refractivity contribution is -0.141. The zero-order chi connectivity index (χ0) is 13.5. The predicted molar refractivity (Wildman–Crippen MR) is 56.5 cm³/mol. The van der Waals surface area contributed by atoms with E-state index in [0.717, 1.165) is 6.07 Å². The number of ether oxygens (including phenoxy) is 1. The van der Waals surface area contributed by atoms with Gasteiger partial charge in [0.2, 0.25) is 0 Å². The lowest BCUT2D eigenvalue weighted by Gasteiger charge is -2.13. The van der Waals surface area contributed by atoms with Crippen LogP contribution in [0.2, 0.25) is 0 Å². The molecule has 1 N–H and O–H groups in total. The van der Waals surface area contributed by atoms with Gasteiger partial charge in [0.15, 0.2) is 12.4 Å². The van der Waals surface area contributed by atoms with E-state index >= 15 is 0 Å². The summed E-state index contributed by atoms with van der Waals surface area (Å²) in [6.07, 6.45) is -6.29. The Kier molecular flexibility index (Phi) is 3.31. The van der Waals surface area contributed by atoms with Gasteiger partial charge in [0.05, 0.1) is 5.69 Å². The lowest BCUT2D eigenvalue weighted by Crippen LogP contribution is -2.15. The van der Waals surface area contributed by atoms with Gasteiger partial charge < -0.3 is 14.7 Å². The summed E-state index contributed by atoms with van der Waals surface area (Å²) < 4.78 is 42.8. The number of alkyl halides is 3. The molecule has 0 aliphatic carbocycles. The number of hydrogen-bond acceptors (Lipinski definition) is 4. The molecule has 0 saturated carbocycles. The number of hydrogen-bond donors (Lipinski definition) is 1. The van der Waals surface area contributed by atoms with Crippen LogP contribution >= 0.6 is 0 Å². The number of aliphatic hydroxyl groups excluding tert-OH is 1. The fraction of sp³-hybridized carbons (Fsp3) is 0.545. The Morgan fingerprint density at radius 2 is 2.00 bits per heavy atom. The zero-order valence-corrected chi connectivity index (χ0v) is 9.90. The molecular formula is C11H13F3N2O2. The van der Waals surface area contributed by atoms with E-state index in [4.69, 9.17) is 9.84 Å². The van der Waals surface area contributed by atoms with Crippen LogP contribution in [0.1, 0.15) is 23.1 Å². The number of epoxide rings is 1. The molecule has 4 nitrogen and oxygen atoms in total. The summed E-state index contributed by atoms with van der Waals surface area (Å²) in [6.45, 7) is 0.363. The van der Waals surface area contributed by atoms with Gasteiger partial charge in [-0.15, -0.1) is 0 Å². The summed E-state index contributed by atoms with van der Waals surface area (Å²) in [5.74, 6) is 0. The molecule has 0 radical (unpaired) electrons. The van der Waals surface area contributed by atoms with Gasteiger partial charge in [-0.2, -0.15) is 13.2 Å². The maximum Gasteiger partial charge on any atom is 0.433 e. The minimum atomic E-state index is -4.50. The summed E-state index contributed by atoms with van der Waals surface area (Å²) in [5, 5.41) is 9.09. The van der Waals surface area contributed by atoms with Crippen LogP contribution in [0.3, 0.4) is 0 Å². The van der Waals surface area contributed by atoms with Crippen LogP contribution in [0.15, 0.2) is 12.1 Å². The van der Waals surface area contributed by atoms with E-state index in [0.29, 0.717) is 12.1 Å². The van der Waals surface area contributed by atoms with Crippen molar-refractivity contribution in [2.75, 3.05) is 14.1 Å². The van der Waals surface area contributed by atoms with Gasteiger partial charge in [-0.3, -0.25) is 0 Å². The Hall–Kier alpha value is -1.18. The SMILES string of the molecule is CN(C)Cc1cc(C2OC2O)nc(C(F)(F)F)c1. The quantitative estimate of drug-likeness (QED) is 0.840. The van der Waals surface area contributed by atoms with Gasteiger partial charge in [-0.05, 0) is 31.8 Å². The molecule has 100 valence electrons. The van der Waals surface area contributed by atoms with Crippen molar-refractivity contribution in [3.05, 3.63) is 29.1 Å². The number of aromatic nitrogens is 1. The molecule has 2 heterocycles. The highest BCUT2D eigenvalue weighted by Gasteiger charge is 2.42. The zero-order valence-electron chi connectivity index (χ0n) is 9.90. The largest absolute Gasteiger partial charge is 0.433 e. The number of nitrogens with zero attached hydrogens (tertiary/aromatic N) is 2. The third kappa shape index (κ3) is 2.98. The van der Waals surface area contributed by atoms with E-state index in [1.807, 2.05) is 0 Å². The van der Waals surface area contributed by atoms with Crippen LogP contribution in [-0.2, 0) is 17.5 Å². The third-order valence-corrected chi connectivity index (χ3v) is 2.45. The van der Waals surface area contributed by atoms with Crippen molar-refractivity contribution >= 4 is 0 Å². The van der Waals surface area contributed by atoms with Crippen molar-refractivity contribution in [3.8, 4) is 0 Å². The molecule has 1 saturated heterocycles. The highest BCUT2D eigenvalue weighted by Crippen LogP contribution is 2.38. The van der Waals surface area contributed by atoms with E-state index < -0.39 is 24.3 Å². The first-order valence-corrected chi connectivity index (χ1v) is 5.33. The highest BCUT2D eigenvalue weighted by atomic mass is 19.4. The molecule has 1 aromatic rings. The first kappa shape index (κ1) is 13.3. The maximum atomic E-state index is 12.7. The Morgan fingerprint density at radius 1 is 1.39 bits per heavy atom. The summed E-state index contributed by atoms with van der Waals surface area (Å²) in [6, 6.07) is 2.54. The smallest absolute Gasteiger partial charge is 0.365 e. The van der Waals surface area contributed by atoms with Gasteiger partial charge >= 0.3 is 6.18 Å². The van der Waals surface area contributed by atoms with E-state index in [9.17, 15) is 13.2 Å². The standard InChI is InChI=1S/C11H13F3N2O2/c1-16(2)5-6-3-7(9-10(17)18-9)15-8(4-6)11(12,13)14/h3-4,9-10,17H,5H2,1-2H3. The molecule has 18 heavy (non-hydrogen) atoms. The minimum Gasteiger partial charge on any atom is -0.365 e. The van der Waals surface area contributed by atoms with Gasteiger partial charge in [-0.25, -0.2) is 4.98 Å². The van der Waals surface area contributed by atoms with Crippen LogP contribution in [0.5, 0.6) is 0 Å². The summed E-state index contributed by atoms with van der Waals surface area (Å²) >= 11 is 0. The first-order valence-electron chi connectivity index (χ1n) is 5.33. The molecule has 0 spiro atoms. The fourth-order valence-corrected chi connectivity index (χ4v) is 1.68. The van der Waals surface area contributed by atoms with Gasteiger partial charge in [0.25, 0.3) is 0 Å². The average molecular weight is 262 g/mol. The molecule has 2 atom stereocenters. The van der Waals surface area contributed by atoms with Crippen LogP contribution < -0.4 is 0 Å². The second-order valence-corrected chi connectivity index (χ2v) is 4.47. The van der Waals surface area contributed by atoms with Crippen LogP contribution in [-0.4, -0.2) is 35.4 Å². The van der Waals surface area contributed by atoms with E-state index in [1.54, 1.807) is 19.0 Å². The predicted octanol–water partition coefficient (Wildman–Crippen LogP) is 1.55. The van der Waals surface area contributed by atoms with Crippen molar-refractivity contribution in [1.82, 2.24) is 9.88 Å². The lowest BCUT2D eigenvalue weighted by atomic mass is 10.1. The second kappa shape index (κ2) is 4.49. The Balaban J connectivity index is 2.35. The van der Waals surface area contributed by atoms with Crippen molar-refractivity contribution < 1.29 is 23.0 Å². The molecule has 0 bridgehead atoms. The minimum absolute atomic E-state index is 0.120. The number of rotatable bonds is 3. The highest BCUT2D eigenvalue weighted by molar-refractivity contribution is 5.26. The third-order valence-electron chi connectivity index (χ3n) is 2.45. The molecule has 1 fully saturated rings. The summed E-state index contributed by atoms with van der Waals surface area (Å²) in [4.78, 5) is 5.25. The van der Waals surface area contributed by atoms with Crippen LogP contribution in [0.4, 0.5) is 13.2 Å².